The zero-order valence-corrected chi connectivity index (χ0v) is 14.5. The highest BCUT2D eigenvalue weighted by Gasteiger charge is 2.35. The topological polar surface area (TPSA) is 96.9 Å². The third kappa shape index (κ3) is 3.97. The van der Waals surface area contributed by atoms with Crippen LogP contribution < -0.4 is 20.1 Å². The molecule has 0 bridgehead atoms. The Kier molecular flexibility index (Phi) is 4.74. The highest BCUT2D eigenvalue weighted by atomic mass is 16.7. The van der Waals surface area contributed by atoms with E-state index in [1.54, 1.807) is 18.2 Å². The third-order valence-corrected chi connectivity index (χ3v) is 4.91. The fraction of sp³-hybridized carbons (Fsp3) is 0.556. The number of fused-ring (bicyclic) bond motifs is 1. The average molecular weight is 348 g/mol. The van der Waals surface area contributed by atoms with Gasteiger partial charge in [-0.25, -0.2) is 4.79 Å². The molecule has 1 aliphatic carbocycles. The fourth-order valence-corrected chi connectivity index (χ4v) is 3.22. The largest absolute Gasteiger partial charge is 0.481 e. The lowest BCUT2D eigenvalue weighted by atomic mass is 9.86. The van der Waals surface area contributed by atoms with Crippen molar-refractivity contribution in [1.82, 2.24) is 5.32 Å². The van der Waals surface area contributed by atoms with Crippen LogP contribution in [0.2, 0.25) is 0 Å². The Balaban J connectivity index is 1.53. The van der Waals surface area contributed by atoms with Gasteiger partial charge < -0.3 is 25.2 Å². The van der Waals surface area contributed by atoms with Gasteiger partial charge in [-0.05, 0) is 37.8 Å². The van der Waals surface area contributed by atoms with Crippen molar-refractivity contribution in [1.29, 1.82) is 0 Å². The minimum absolute atomic E-state index is 0.00740. The number of carboxylic acid groups (broad SMARTS) is 1. The van der Waals surface area contributed by atoms with Gasteiger partial charge in [0.2, 0.25) is 5.79 Å². The number of nitrogens with one attached hydrogen (secondary N) is 2. The Labute approximate surface area is 146 Å². The molecule has 1 unspecified atom stereocenters. The smallest absolute Gasteiger partial charge is 0.319 e. The molecular formula is C18H24N2O5. The Morgan fingerprint density at radius 2 is 1.88 bits per heavy atom. The molecule has 3 rings (SSSR count). The van der Waals surface area contributed by atoms with Crippen molar-refractivity contribution < 1.29 is 24.2 Å². The first kappa shape index (κ1) is 17.4. The van der Waals surface area contributed by atoms with Crippen molar-refractivity contribution in [3.05, 3.63) is 18.2 Å². The number of carboxylic acids is 1. The number of rotatable bonds is 4. The van der Waals surface area contributed by atoms with E-state index in [9.17, 15) is 9.59 Å². The number of anilines is 1. The maximum absolute atomic E-state index is 12.2. The molecule has 1 aromatic carbocycles. The summed E-state index contributed by atoms with van der Waals surface area (Å²) in [7, 11) is 0. The average Bonchev–Trinajstić information content (AvgIpc) is 2.91. The molecule has 1 heterocycles. The molecule has 3 N–H and O–H groups in total. The first-order chi connectivity index (χ1) is 11.9. The summed E-state index contributed by atoms with van der Waals surface area (Å²) < 4.78 is 11.6. The number of carbonyl (C=O) groups excluding carboxylic acids is 1. The number of benzene rings is 1. The lowest BCUT2D eigenvalue weighted by molar-refractivity contribution is -0.142. The van der Waals surface area contributed by atoms with Gasteiger partial charge in [0.05, 0.1) is 5.92 Å². The molecule has 0 saturated heterocycles. The Morgan fingerprint density at radius 3 is 2.52 bits per heavy atom. The summed E-state index contributed by atoms with van der Waals surface area (Å²) in [6.07, 6.45) is 3.27. The second-order valence-corrected chi connectivity index (χ2v) is 6.84. The van der Waals surface area contributed by atoms with Crippen molar-refractivity contribution in [3.63, 3.8) is 0 Å². The summed E-state index contributed by atoms with van der Waals surface area (Å²) in [4.78, 5) is 23.1. The van der Waals surface area contributed by atoms with E-state index >= 15 is 0 Å². The molecule has 1 fully saturated rings. The van der Waals surface area contributed by atoms with Gasteiger partial charge in [0, 0.05) is 31.1 Å². The number of urea groups is 1. The van der Waals surface area contributed by atoms with Crippen LogP contribution in [0.1, 0.15) is 46.0 Å². The van der Waals surface area contributed by atoms with E-state index in [0.717, 1.165) is 0 Å². The Morgan fingerprint density at radius 1 is 1.20 bits per heavy atom. The SMILES string of the molecule is CCC1(C)Oc2ccc(NC(=O)NC3CCC(C(=O)O)CC3)cc2O1. The van der Waals surface area contributed by atoms with Crippen LogP contribution in [-0.4, -0.2) is 28.9 Å². The number of aliphatic carboxylic acids is 1. The second-order valence-electron chi connectivity index (χ2n) is 6.84. The first-order valence-electron chi connectivity index (χ1n) is 8.71. The van der Waals surface area contributed by atoms with Crippen molar-refractivity contribution in [2.45, 2.75) is 57.8 Å². The van der Waals surface area contributed by atoms with E-state index in [1.807, 2.05) is 13.8 Å². The van der Waals surface area contributed by atoms with E-state index in [0.29, 0.717) is 49.3 Å². The number of amides is 2. The molecule has 1 aliphatic heterocycles. The Hall–Kier alpha value is -2.44. The number of hydrogen-bond acceptors (Lipinski definition) is 4. The summed E-state index contributed by atoms with van der Waals surface area (Å²) in [6, 6.07) is 5.01. The summed E-state index contributed by atoms with van der Waals surface area (Å²) in [6.45, 7) is 3.86. The molecule has 136 valence electrons. The molecule has 1 saturated carbocycles. The van der Waals surface area contributed by atoms with Crippen LogP contribution >= 0.6 is 0 Å². The standard InChI is InChI=1S/C18H24N2O5/c1-3-18(2)24-14-9-8-13(10-15(14)25-18)20-17(23)19-12-6-4-11(5-7-12)16(21)22/h8-12H,3-7H2,1-2H3,(H,21,22)(H2,19,20,23). The van der Waals surface area contributed by atoms with Gasteiger partial charge in [-0.3, -0.25) is 4.79 Å². The third-order valence-electron chi connectivity index (χ3n) is 4.91. The highest BCUT2D eigenvalue weighted by molar-refractivity contribution is 5.90. The van der Waals surface area contributed by atoms with Crippen molar-refractivity contribution in [3.8, 4) is 11.5 Å². The lowest BCUT2D eigenvalue weighted by Gasteiger charge is -2.26. The van der Waals surface area contributed by atoms with Crippen molar-refractivity contribution in [2.75, 3.05) is 5.32 Å². The molecule has 1 atom stereocenters. The van der Waals surface area contributed by atoms with Gasteiger partial charge in [0.1, 0.15) is 0 Å². The van der Waals surface area contributed by atoms with Crippen LogP contribution in [0.5, 0.6) is 11.5 Å². The number of carbonyl (C=O) groups is 2. The van der Waals surface area contributed by atoms with Gasteiger partial charge in [-0.1, -0.05) is 6.92 Å². The van der Waals surface area contributed by atoms with Crippen LogP contribution in [0.25, 0.3) is 0 Å². The van der Waals surface area contributed by atoms with Crippen LogP contribution in [0.15, 0.2) is 18.2 Å². The normalized spacial score (nSPS) is 27.6. The van der Waals surface area contributed by atoms with E-state index in [-0.39, 0.29) is 18.0 Å². The number of ether oxygens (including phenoxy) is 2. The number of hydrogen-bond donors (Lipinski definition) is 3. The molecule has 0 spiro atoms. The van der Waals surface area contributed by atoms with Crippen molar-refractivity contribution >= 4 is 17.7 Å². The molecule has 7 nitrogen and oxygen atoms in total. The van der Waals surface area contributed by atoms with Crippen LogP contribution in [0.4, 0.5) is 10.5 Å². The molecule has 0 aromatic heterocycles. The zero-order chi connectivity index (χ0) is 18.0. The maximum atomic E-state index is 12.2. The van der Waals surface area contributed by atoms with E-state index < -0.39 is 11.8 Å². The highest BCUT2D eigenvalue weighted by Crippen LogP contribution is 2.42. The molecule has 2 aliphatic rings. The van der Waals surface area contributed by atoms with Gasteiger partial charge in [0.25, 0.3) is 0 Å². The van der Waals surface area contributed by atoms with Gasteiger partial charge in [-0.15, -0.1) is 0 Å². The summed E-state index contributed by atoms with van der Waals surface area (Å²) in [5, 5.41) is 14.7. The molecule has 7 heteroatoms. The fourth-order valence-electron chi connectivity index (χ4n) is 3.22. The predicted molar refractivity (Wildman–Crippen MR) is 91.9 cm³/mol. The summed E-state index contributed by atoms with van der Waals surface area (Å²) in [5.74, 6) is -0.414. The first-order valence-corrected chi connectivity index (χ1v) is 8.71. The van der Waals surface area contributed by atoms with Gasteiger partial charge >= 0.3 is 12.0 Å². The molecule has 2 amide bonds. The van der Waals surface area contributed by atoms with E-state index in [1.165, 1.54) is 0 Å². The minimum Gasteiger partial charge on any atom is -0.481 e. The quantitative estimate of drug-likeness (QED) is 0.775. The van der Waals surface area contributed by atoms with Gasteiger partial charge in [-0.2, -0.15) is 0 Å². The summed E-state index contributed by atoms with van der Waals surface area (Å²) in [5.41, 5.74) is 0.624. The Bertz CT molecular complexity index is 669. The lowest BCUT2D eigenvalue weighted by Crippen LogP contribution is -2.40. The van der Waals surface area contributed by atoms with E-state index in [2.05, 4.69) is 10.6 Å². The predicted octanol–water partition coefficient (Wildman–Crippen LogP) is 3.35. The monoisotopic (exact) mass is 348 g/mol. The van der Waals surface area contributed by atoms with E-state index in [4.69, 9.17) is 14.6 Å². The van der Waals surface area contributed by atoms with Crippen LogP contribution in [0.3, 0.4) is 0 Å². The van der Waals surface area contributed by atoms with Gasteiger partial charge in [0.15, 0.2) is 11.5 Å². The molecular weight excluding hydrogens is 324 g/mol. The minimum atomic E-state index is -0.748. The van der Waals surface area contributed by atoms with Crippen LogP contribution in [-0.2, 0) is 4.79 Å². The maximum Gasteiger partial charge on any atom is 0.319 e. The summed E-state index contributed by atoms with van der Waals surface area (Å²) >= 11 is 0. The zero-order valence-electron chi connectivity index (χ0n) is 14.5. The molecule has 25 heavy (non-hydrogen) atoms. The van der Waals surface area contributed by atoms with Crippen molar-refractivity contribution in [2.24, 2.45) is 5.92 Å². The molecule has 1 aromatic rings. The second kappa shape index (κ2) is 6.82. The van der Waals surface area contributed by atoms with Crippen LogP contribution in [0, 0.1) is 5.92 Å². The molecule has 0 radical (unpaired) electrons.